The molecule has 53 heavy (non-hydrogen) atoms. The van der Waals surface area contributed by atoms with Crippen molar-refractivity contribution in [3.05, 3.63) is 101 Å². The van der Waals surface area contributed by atoms with Gasteiger partial charge in [-0.15, -0.1) is 0 Å². The fraction of sp³-hybridized carbons (Fsp3) is 0.229. The van der Waals surface area contributed by atoms with E-state index in [2.05, 4.69) is 15.3 Å². The average molecular weight is 771 g/mol. The third-order valence-corrected chi connectivity index (χ3v) is 8.85. The van der Waals surface area contributed by atoms with E-state index >= 15 is 0 Å². The molecule has 0 aliphatic heterocycles. The summed E-state index contributed by atoms with van der Waals surface area (Å²) in [7, 11) is -3.14. The van der Waals surface area contributed by atoms with Crippen LogP contribution < -0.4 is 15.1 Å². The zero-order chi connectivity index (χ0) is 38.3. The van der Waals surface area contributed by atoms with Gasteiger partial charge in [0.25, 0.3) is 0 Å². The minimum atomic E-state index is -3.14. The maximum absolute atomic E-state index is 13.7. The van der Waals surface area contributed by atoms with Gasteiger partial charge < -0.3 is 34.6 Å². The Bertz CT molecular complexity index is 2270. The van der Waals surface area contributed by atoms with Gasteiger partial charge >= 0.3 is 17.9 Å². The smallest absolute Gasteiger partial charge is 0.336 e. The van der Waals surface area contributed by atoms with E-state index in [0.29, 0.717) is 33.6 Å². The van der Waals surface area contributed by atoms with Gasteiger partial charge in [0.15, 0.2) is 11.4 Å². The lowest BCUT2D eigenvalue weighted by Gasteiger charge is -2.26. The number of aromatic nitrogens is 2. The standard InChI is InChI=1S/C35H32ClFN4O11S/c1-53(48,49)12-11-38-18-25-7-10-29(51-25)22-5-8-28-26(14-22)33(40-20-39-28)41(52-32(44)17-35(47,34(45)46)16-31(42)43)24-6-9-30(27(36)15-24)50-19-21-3-2-4-23(37)13-21/h2-10,13-15,20,38,47H,11-12,16-19H2,1H3,(H,42,43)(H,45,46). The second-order valence-corrected chi connectivity index (χ2v) is 14.5. The Hall–Kier alpha value is -5.62. The number of halogens is 2. The predicted octanol–water partition coefficient (Wildman–Crippen LogP) is 4.67. The number of carboxylic acids is 2. The number of nitrogens with one attached hydrogen (secondary N) is 1. The quantitative estimate of drug-likeness (QED) is 0.0746. The van der Waals surface area contributed by atoms with Crippen LogP contribution in [0.4, 0.5) is 15.9 Å². The number of ether oxygens (including phenoxy) is 1. The topological polar surface area (TPSA) is 219 Å². The van der Waals surface area contributed by atoms with Gasteiger partial charge in [0, 0.05) is 23.8 Å². The molecular formula is C35H32ClFN4O11S. The highest BCUT2D eigenvalue weighted by atomic mass is 35.5. The first kappa shape index (κ1) is 38.6. The van der Waals surface area contributed by atoms with Crippen LogP contribution in [0.2, 0.25) is 5.02 Å². The lowest BCUT2D eigenvalue weighted by atomic mass is 9.96. The van der Waals surface area contributed by atoms with Crippen molar-refractivity contribution in [3.63, 3.8) is 0 Å². The van der Waals surface area contributed by atoms with Gasteiger partial charge in [-0.05, 0) is 66.2 Å². The number of nitrogens with zero attached hydrogens (tertiary/aromatic N) is 3. The van der Waals surface area contributed by atoms with Crippen molar-refractivity contribution in [3.8, 4) is 17.1 Å². The Morgan fingerprint density at radius 3 is 2.51 bits per heavy atom. The first-order chi connectivity index (χ1) is 25.1. The molecule has 1 unspecified atom stereocenters. The summed E-state index contributed by atoms with van der Waals surface area (Å²) in [5, 5.41) is 33.5. The fourth-order valence-electron chi connectivity index (χ4n) is 5.03. The third kappa shape index (κ3) is 10.3. The molecular weight excluding hydrogens is 739 g/mol. The van der Waals surface area contributed by atoms with Crippen molar-refractivity contribution in [2.24, 2.45) is 0 Å². The maximum Gasteiger partial charge on any atom is 0.336 e. The van der Waals surface area contributed by atoms with Gasteiger partial charge in [0.05, 0.1) is 41.4 Å². The Morgan fingerprint density at radius 1 is 1.02 bits per heavy atom. The van der Waals surface area contributed by atoms with Crippen molar-refractivity contribution in [1.29, 1.82) is 0 Å². The van der Waals surface area contributed by atoms with E-state index < -0.39 is 52.0 Å². The molecule has 0 fully saturated rings. The Morgan fingerprint density at radius 2 is 1.81 bits per heavy atom. The lowest BCUT2D eigenvalue weighted by Crippen LogP contribution is -2.43. The minimum absolute atomic E-state index is 0.0279. The molecule has 2 heterocycles. The normalized spacial score (nSPS) is 12.6. The van der Waals surface area contributed by atoms with Gasteiger partial charge in [0.2, 0.25) is 0 Å². The molecule has 0 radical (unpaired) electrons. The summed E-state index contributed by atoms with van der Waals surface area (Å²) in [4.78, 5) is 50.6. The van der Waals surface area contributed by atoms with Crippen LogP contribution in [0.25, 0.3) is 22.2 Å². The molecule has 0 aliphatic carbocycles. The van der Waals surface area contributed by atoms with Crippen LogP contribution in [-0.2, 0) is 42.2 Å². The van der Waals surface area contributed by atoms with E-state index in [-0.39, 0.29) is 47.7 Å². The Balaban J connectivity index is 1.49. The second-order valence-electron chi connectivity index (χ2n) is 11.9. The molecule has 5 aromatic rings. The number of furan rings is 1. The summed E-state index contributed by atoms with van der Waals surface area (Å²) < 4.78 is 48.2. The number of anilines is 2. The largest absolute Gasteiger partial charge is 0.487 e. The number of aliphatic hydroxyl groups is 1. The van der Waals surface area contributed by atoms with Gasteiger partial charge in [-0.25, -0.2) is 32.4 Å². The molecule has 0 bridgehead atoms. The van der Waals surface area contributed by atoms with Crippen LogP contribution in [0, 0.1) is 5.82 Å². The van der Waals surface area contributed by atoms with E-state index in [4.69, 9.17) is 25.6 Å². The van der Waals surface area contributed by atoms with Gasteiger partial charge in [-0.3, -0.25) is 4.79 Å². The monoisotopic (exact) mass is 770 g/mol. The highest BCUT2D eigenvalue weighted by Crippen LogP contribution is 2.37. The molecule has 0 saturated heterocycles. The Labute approximate surface area is 306 Å². The van der Waals surface area contributed by atoms with Crippen LogP contribution >= 0.6 is 11.6 Å². The Kier molecular flexibility index (Phi) is 11.9. The van der Waals surface area contributed by atoms with E-state index in [9.17, 15) is 42.5 Å². The molecule has 18 heteroatoms. The van der Waals surface area contributed by atoms with Crippen molar-refractivity contribution in [1.82, 2.24) is 15.3 Å². The molecule has 1 atom stereocenters. The number of hydrogen-bond donors (Lipinski definition) is 4. The number of sulfone groups is 1. The molecule has 0 saturated carbocycles. The second kappa shape index (κ2) is 16.4. The molecule has 3 aromatic carbocycles. The van der Waals surface area contributed by atoms with Gasteiger partial charge in [-0.1, -0.05) is 23.7 Å². The number of benzene rings is 3. The average Bonchev–Trinajstić information content (AvgIpc) is 3.56. The minimum Gasteiger partial charge on any atom is -0.487 e. The number of carbonyl (C=O) groups is 3. The number of fused-ring (bicyclic) bond motifs is 1. The van der Waals surface area contributed by atoms with Crippen LogP contribution in [0.5, 0.6) is 5.75 Å². The highest BCUT2D eigenvalue weighted by Gasteiger charge is 2.42. The molecule has 0 aliphatic rings. The molecule has 5 rings (SSSR count). The molecule has 2 aromatic heterocycles. The number of carboxylic acid groups (broad SMARTS) is 2. The first-order valence-corrected chi connectivity index (χ1v) is 18.1. The highest BCUT2D eigenvalue weighted by molar-refractivity contribution is 7.90. The summed E-state index contributed by atoms with van der Waals surface area (Å²) in [6.07, 6.45) is -0.222. The zero-order valence-electron chi connectivity index (χ0n) is 27.9. The SMILES string of the molecule is CS(=O)(=O)CCNCc1ccc(-c2ccc3ncnc(N(OC(=O)CC(O)(CC(=O)O)C(=O)O)c4ccc(OCc5cccc(F)c5)c(Cl)c4)c3c2)o1. The maximum atomic E-state index is 13.7. The van der Waals surface area contributed by atoms with Crippen LogP contribution in [0.15, 0.2) is 83.5 Å². The van der Waals surface area contributed by atoms with Crippen LogP contribution in [0.1, 0.15) is 24.2 Å². The first-order valence-electron chi connectivity index (χ1n) is 15.7. The summed E-state index contributed by atoms with van der Waals surface area (Å²) >= 11 is 6.56. The van der Waals surface area contributed by atoms with Gasteiger partial charge in [0.1, 0.15) is 45.9 Å². The third-order valence-electron chi connectivity index (χ3n) is 7.61. The van der Waals surface area contributed by atoms with Crippen LogP contribution in [-0.4, -0.2) is 75.8 Å². The summed E-state index contributed by atoms with van der Waals surface area (Å²) in [5.74, 6) is -4.35. The van der Waals surface area contributed by atoms with Gasteiger partial charge in [-0.2, -0.15) is 5.06 Å². The summed E-state index contributed by atoms with van der Waals surface area (Å²) in [6, 6.07) is 18.4. The summed E-state index contributed by atoms with van der Waals surface area (Å²) in [5.41, 5.74) is -1.48. The molecule has 278 valence electrons. The number of rotatable bonds is 17. The summed E-state index contributed by atoms with van der Waals surface area (Å²) in [6.45, 7) is 0.455. The van der Waals surface area contributed by atoms with Crippen molar-refractivity contribution < 1.29 is 56.5 Å². The fourth-order valence-corrected chi connectivity index (χ4v) is 5.78. The van der Waals surface area contributed by atoms with Crippen LogP contribution in [0.3, 0.4) is 0 Å². The predicted molar refractivity (Wildman–Crippen MR) is 189 cm³/mol. The molecule has 15 nitrogen and oxygen atoms in total. The van der Waals surface area contributed by atoms with Crippen molar-refractivity contribution in [2.75, 3.05) is 23.6 Å². The van der Waals surface area contributed by atoms with E-state index in [1.54, 1.807) is 36.4 Å². The van der Waals surface area contributed by atoms with E-state index in [0.717, 1.165) is 11.3 Å². The molecule has 0 amide bonds. The van der Waals surface area contributed by atoms with E-state index in [1.807, 2.05) is 0 Å². The molecule has 0 spiro atoms. The number of aliphatic carboxylic acids is 2. The van der Waals surface area contributed by atoms with Crippen molar-refractivity contribution in [2.45, 2.75) is 31.6 Å². The zero-order valence-corrected chi connectivity index (χ0v) is 29.4. The lowest BCUT2D eigenvalue weighted by molar-refractivity contribution is -0.172. The number of hydrogen-bond acceptors (Lipinski definition) is 13. The number of carbonyl (C=O) groups excluding carboxylic acids is 1. The van der Waals surface area contributed by atoms with E-state index in [1.165, 1.54) is 42.7 Å². The van der Waals surface area contributed by atoms with Crippen molar-refractivity contribution >= 4 is 61.8 Å². The molecule has 4 N–H and O–H groups in total.